The van der Waals surface area contributed by atoms with Gasteiger partial charge in [-0.1, -0.05) is 29.8 Å². The molecule has 2 aromatic carbocycles. The first-order valence-electron chi connectivity index (χ1n) is 7.42. The zero-order valence-electron chi connectivity index (χ0n) is 13.4. The van der Waals surface area contributed by atoms with Crippen LogP contribution in [0, 0.1) is 18.3 Å². The Morgan fingerprint density at radius 2 is 1.54 bits per heavy atom. The highest BCUT2D eigenvalue weighted by atomic mass is 16.5. The van der Waals surface area contributed by atoms with Crippen molar-refractivity contribution in [2.75, 3.05) is 13.2 Å². The number of nitriles is 1. The van der Waals surface area contributed by atoms with E-state index in [2.05, 4.69) is 0 Å². The molecule has 0 radical (unpaired) electrons. The van der Waals surface area contributed by atoms with Crippen LogP contribution in [0.5, 0.6) is 11.5 Å². The second-order valence-electron chi connectivity index (χ2n) is 5.11. The number of nitrogens with zero attached hydrogens (tertiary/aromatic N) is 1. The van der Waals surface area contributed by atoms with Gasteiger partial charge in [-0.05, 0) is 42.8 Å². The van der Waals surface area contributed by atoms with Crippen molar-refractivity contribution in [2.24, 2.45) is 5.73 Å². The zero-order chi connectivity index (χ0) is 17.4. The van der Waals surface area contributed by atoms with Gasteiger partial charge in [-0.2, -0.15) is 5.26 Å². The molecule has 122 valence electrons. The number of ether oxygens (including phenoxy) is 2. The average Bonchev–Trinajstić information content (AvgIpc) is 2.59. The van der Waals surface area contributed by atoms with Crippen LogP contribution < -0.4 is 15.2 Å². The van der Waals surface area contributed by atoms with E-state index in [9.17, 15) is 4.79 Å². The van der Waals surface area contributed by atoms with E-state index in [0.29, 0.717) is 24.5 Å². The van der Waals surface area contributed by atoms with Crippen molar-refractivity contribution >= 4 is 12.0 Å². The predicted octanol–water partition coefficient (Wildman–Crippen LogP) is 2.85. The Hall–Kier alpha value is -3.26. The van der Waals surface area contributed by atoms with Crippen molar-refractivity contribution in [1.29, 1.82) is 5.26 Å². The number of carbonyl (C=O) groups excluding carboxylic acids is 1. The molecule has 0 unspecified atom stereocenters. The number of rotatable bonds is 7. The Kier molecular flexibility index (Phi) is 5.98. The Bertz CT molecular complexity index is 757. The minimum Gasteiger partial charge on any atom is -0.490 e. The maximum absolute atomic E-state index is 11.0. The van der Waals surface area contributed by atoms with E-state index in [1.807, 2.05) is 31.2 Å². The van der Waals surface area contributed by atoms with Crippen LogP contribution in [0.2, 0.25) is 0 Å². The smallest absolute Gasteiger partial charge is 0.259 e. The van der Waals surface area contributed by atoms with Crippen LogP contribution in [-0.4, -0.2) is 19.1 Å². The van der Waals surface area contributed by atoms with E-state index < -0.39 is 5.91 Å². The zero-order valence-corrected chi connectivity index (χ0v) is 13.4. The summed E-state index contributed by atoms with van der Waals surface area (Å²) in [6.45, 7) is 2.87. The molecule has 5 heteroatoms. The summed E-state index contributed by atoms with van der Waals surface area (Å²) in [6, 6.07) is 16.6. The minimum atomic E-state index is -0.744. The topological polar surface area (TPSA) is 85.3 Å². The van der Waals surface area contributed by atoms with Gasteiger partial charge >= 0.3 is 0 Å². The number of aryl methyl sites for hydroxylation is 1. The summed E-state index contributed by atoms with van der Waals surface area (Å²) in [5.74, 6) is 0.739. The van der Waals surface area contributed by atoms with Crippen LogP contribution in [0.15, 0.2) is 54.1 Å². The Morgan fingerprint density at radius 1 is 1.04 bits per heavy atom. The van der Waals surface area contributed by atoms with E-state index in [0.717, 1.165) is 5.75 Å². The minimum absolute atomic E-state index is 0.0878. The molecule has 0 aliphatic heterocycles. The number of nitrogens with two attached hydrogens (primary N) is 1. The van der Waals surface area contributed by atoms with Gasteiger partial charge in [0.15, 0.2) is 0 Å². The summed E-state index contributed by atoms with van der Waals surface area (Å²) in [5.41, 5.74) is 6.89. The van der Waals surface area contributed by atoms with Gasteiger partial charge in [0.25, 0.3) is 5.91 Å². The standard InChI is InChI=1S/C19H18N2O3/c1-14-2-6-17(7-3-14)23-10-11-24-18-8-4-15(5-9-18)12-16(13-20)19(21)22/h2-9,12H,10-11H2,1H3,(H2,21,22)/b16-12+. The molecular formula is C19H18N2O3. The third-order valence-corrected chi connectivity index (χ3v) is 3.22. The molecule has 5 nitrogen and oxygen atoms in total. The highest BCUT2D eigenvalue weighted by molar-refractivity contribution is 6.00. The first kappa shape index (κ1) is 17.1. The second kappa shape index (κ2) is 8.39. The van der Waals surface area contributed by atoms with E-state index in [1.54, 1.807) is 30.3 Å². The number of carbonyl (C=O) groups is 1. The monoisotopic (exact) mass is 322 g/mol. The molecular weight excluding hydrogens is 304 g/mol. The van der Waals surface area contributed by atoms with Gasteiger partial charge in [0.05, 0.1) is 0 Å². The number of hydrogen-bond donors (Lipinski definition) is 1. The average molecular weight is 322 g/mol. The molecule has 0 saturated carbocycles. The van der Waals surface area contributed by atoms with Crippen LogP contribution >= 0.6 is 0 Å². The lowest BCUT2D eigenvalue weighted by molar-refractivity contribution is -0.114. The van der Waals surface area contributed by atoms with Crippen LogP contribution in [0.25, 0.3) is 6.08 Å². The highest BCUT2D eigenvalue weighted by Gasteiger charge is 2.03. The lowest BCUT2D eigenvalue weighted by Crippen LogP contribution is -2.12. The fraction of sp³-hybridized carbons (Fsp3) is 0.158. The van der Waals surface area contributed by atoms with Gasteiger partial charge < -0.3 is 15.2 Å². The quantitative estimate of drug-likeness (QED) is 0.482. The summed E-state index contributed by atoms with van der Waals surface area (Å²) in [7, 11) is 0. The summed E-state index contributed by atoms with van der Waals surface area (Å²) in [5, 5.41) is 8.81. The molecule has 0 aliphatic rings. The van der Waals surface area contributed by atoms with Crippen molar-refractivity contribution in [2.45, 2.75) is 6.92 Å². The predicted molar refractivity (Wildman–Crippen MR) is 91.4 cm³/mol. The van der Waals surface area contributed by atoms with Gasteiger partial charge in [0, 0.05) is 0 Å². The number of amides is 1. The SMILES string of the molecule is Cc1ccc(OCCOc2ccc(/C=C(\C#N)C(N)=O)cc2)cc1. The first-order chi connectivity index (χ1) is 11.6. The lowest BCUT2D eigenvalue weighted by Gasteiger charge is -2.08. The lowest BCUT2D eigenvalue weighted by atomic mass is 10.1. The van der Waals surface area contributed by atoms with Crippen molar-refractivity contribution < 1.29 is 14.3 Å². The van der Waals surface area contributed by atoms with Gasteiger partial charge in [0.1, 0.15) is 36.4 Å². The van der Waals surface area contributed by atoms with Gasteiger partial charge in [-0.25, -0.2) is 0 Å². The van der Waals surface area contributed by atoms with E-state index in [4.69, 9.17) is 20.5 Å². The molecule has 0 aromatic heterocycles. The van der Waals surface area contributed by atoms with Crippen LogP contribution in [-0.2, 0) is 4.79 Å². The molecule has 24 heavy (non-hydrogen) atoms. The fourth-order valence-electron chi connectivity index (χ4n) is 1.94. The second-order valence-corrected chi connectivity index (χ2v) is 5.11. The summed E-state index contributed by atoms with van der Waals surface area (Å²) < 4.78 is 11.2. The third kappa shape index (κ3) is 5.18. The molecule has 0 atom stereocenters. The fourth-order valence-corrected chi connectivity index (χ4v) is 1.94. The molecule has 2 rings (SSSR count). The summed E-state index contributed by atoms with van der Waals surface area (Å²) >= 11 is 0. The van der Waals surface area contributed by atoms with Crippen molar-refractivity contribution in [3.8, 4) is 17.6 Å². The summed E-state index contributed by atoms with van der Waals surface area (Å²) in [6.07, 6.45) is 1.44. The normalized spacial score (nSPS) is 10.8. The van der Waals surface area contributed by atoms with E-state index in [-0.39, 0.29) is 5.57 Å². The van der Waals surface area contributed by atoms with E-state index in [1.165, 1.54) is 11.6 Å². The Labute approximate surface area is 140 Å². The molecule has 0 fully saturated rings. The van der Waals surface area contributed by atoms with Gasteiger partial charge in [-0.3, -0.25) is 4.79 Å². The molecule has 0 aliphatic carbocycles. The molecule has 0 saturated heterocycles. The molecule has 2 aromatic rings. The molecule has 2 N–H and O–H groups in total. The largest absolute Gasteiger partial charge is 0.490 e. The molecule has 1 amide bonds. The van der Waals surface area contributed by atoms with Crippen molar-refractivity contribution in [3.63, 3.8) is 0 Å². The van der Waals surface area contributed by atoms with E-state index >= 15 is 0 Å². The Balaban J connectivity index is 1.83. The first-order valence-corrected chi connectivity index (χ1v) is 7.42. The molecule has 0 spiro atoms. The maximum Gasteiger partial charge on any atom is 0.259 e. The van der Waals surface area contributed by atoms with Crippen LogP contribution in [0.1, 0.15) is 11.1 Å². The maximum atomic E-state index is 11.0. The number of primary amides is 1. The van der Waals surface area contributed by atoms with Crippen molar-refractivity contribution in [1.82, 2.24) is 0 Å². The Morgan fingerprint density at radius 3 is 2.00 bits per heavy atom. The highest BCUT2D eigenvalue weighted by Crippen LogP contribution is 2.15. The molecule has 0 heterocycles. The number of benzene rings is 2. The summed E-state index contributed by atoms with van der Waals surface area (Å²) in [4.78, 5) is 11.0. The van der Waals surface area contributed by atoms with Crippen molar-refractivity contribution in [3.05, 3.63) is 65.2 Å². The van der Waals surface area contributed by atoms with Gasteiger partial charge in [-0.15, -0.1) is 0 Å². The van der Waals surface area contributed by atoms with Gasteiger partial charge in [0.2, 0.25) is 0 Å². The van der Waals surface area contributed by atoms with Crippen LogP contribution in [0.4, 0.5) is 0 Å². The number of hydrogen-bond acceptors (Lipinski definition) is 4. The van der Waals surface area contributed by atoms with Crippen LogP contribution in [0.3, 0.4) is 0 Å². The third-order valence-electron chi connectivity index (χ3n) is 3.22. The molecule has 0 bridgehead atoms.